The van der Waals surface area contributed by atoms with Crippen LogP contribution in [-0.2, 0) is 26.2 Å². The van der Waals surface area contributed by atoms with Crippen LogP contribution in [0.15, 0.2) is 71.6 Å². The molecule has 7 nitrogen and oxygen atoms in total. The molecule has 0 aliphatic heterocycles. The molecule has 0 fully saturated rings. The monoisotopic (exact) mass is 607 g/mol. The normalized spacial score (nSPS) is 12.1. The van der Waals surface area contributed by atoms with E-state index < -0.39 is 40.2 Å². The van der Waals surface area contributed by atoms with Crippen LogP contribution >= 0.6 is 23.2 Å². The van der Waals surface area contributed by atoms with Gasteiger partial charge < -0.3 is 10.2 Å². The number of rotatable bonds is 12. The molecule has 214 valence electrons. The van der Waals surface area contributed by atoms with Crippen molar-refractivity contribution in [1.82, 2.24) is 10.2 Å². The number of hydrogen-bond donors (Lipinski definition) is 1. The largest absolute Gasteiger partial charge is 0.354 e. The maximum Gasteiger partial charge on any atom is 0.264 e. The lowest BCUT2D eigenvalue weighted by Gasteiger charge is -2.32. The first-order chi connectivity index (χ1) is 19.0. The summed E-state index contributed by atoms with van der Waals surface area (Å²) in [6.07, 6.45) is 1.61. The van der Waals surface area contributed by atoms with E-state index in [0.717, 1.165) is 27.6 Å². The summed E-state index contributed by atoms with van der Waals surface area (Å²) in [5, 5.41) is 2.83. The third kappa shape index (κ3) is 7.53. The summed E-state index contributed by atoms with van der Waals surface area (Å²) < 4.78 is 43.2. The molecule has 3 aromatic rings. The number of carbonyl (C=O) groups excluding carboxylic acids is 2. The number of unbranched alkanes of at least 4 members (excludes halogenated alkanes) is 1. The number of sulfonamides is 1. The molecule has 0 radical (unpaired) electrons. The lowest BCUT2D eigenvalue weighted by molar-refractivity contribution is -0.139. The van der Waals surface area contributed by atoms with Crippen LogP contribution in [0.1, 0.15) is 37.8 Å². The summed E-state index contributed by atoms with van der Waals surface area (Å²) in [6.45, 7) is 4.76. The molecule has 1 N–H and O–H groups in total. The maximum absolute atomic E-state index is 14.6. The Bertz CT molecular complexity index is 1450. The van der Waals surface area contributed by atoms with Gasteiger partial charge in [0.15, 0.2) is 0 Å². The summed E-state index contributed by atoms with van der Waals surface area (Å²) in [6, 6.07) is 15.5. The first kappa shape index (κ1) is 31.4. The molecular formula is C29H32Cl2FN3O4S. The van der Waals surface area contributed by atoms with Crippen molar-refractivity contribution in [3.63, 3.8) is 0 Å². The fourth-order valence-electron chi connectivity index (χ4n) is 3.96. The van der Waals surface area contributed by atoms with E-state index in [0.29, 0.717) is 6.54 Å². The number of hydrogen-bond acceptors (Lipinski definition) is 4. The highest BCUT2D eigenvalue weighted by Crippen LogP contribution is 2.35. The van der Waals surface area contributed by atoms with Gasteiger partial charge in [0.05, 0.1) is 20.6 Å². The number of nitrogens with zero attached hydrogens (tertiary/aromatic N) is 2. The Morgan fingerprint density at radius 1 is 1.00 bits per heavy atom. The second-order valence-corrected chi connectivity index (χ2v) is 12.0. The van der Waals surface area contributed by atoms with Crippen molar-refractivity contribution < 1.29 is 22.4 Å². The summed E-state index contributed by atoms with van der Waals surface area (Å²) in [7, 11) is -4.32. The summed E-state index contributed by atoms with van der Waals surface area (Å²) in [5.74, 6) is -1.72. The summed E-state index contributed by atoms with van der Waals surface area (Å²) in [4.78, 5) is 28.0. The average molecular weight is 609 g/mol. The number of halogens is 3. The van der Waals surface area contributed by atoms with Crippen molar-refractivity contribution in [1.29, 1.82) is 0 Å². The van der Waals surface area contributed by atoms with Gasteiger partial charge in [-0.1, -0.05) is 78.5 Å². The van der Waals surface area contributed by atoms with E-state index in [1.54, 1.807) is 18.2 Å². The maximum atomic E-state index is 14.6. The molecule has 11 heteroatoms. The van der Waals surface area contributed by atoms with Crippen LogP contribution < -0.4 is 9.62 Å². The third-order valence-corrected chi connectivity index (χ3v) is 8.97. The molecule has 2 amide bonds. The smallest absolute Gasteiger partial charge is 0.264 e. The van der Waals surface area contributed by atoms with Gasteiger partial charge in [-0.15, -0.1) is 0 Å². The minimum Gasteiger partial charge on any atom is -0.354 e. The van der Waals surface area contributed by atoms with Gasteiger partial charge in [-0.25, -0.2) is 12.8 Å². The Kier molecular flexibility index (Phi) is 11.0. The van der Waals surface area contributed by atoms with Crippen LogP contribution in [-0.4, -0.2) is 44.3 Å². The summed E-state index contributed by atoms with van der Waals surface area (Å²) in [5.41, 5.74) is 1.02. The van der Waals surface area contributed by atoms with Crippen molar-refractivity contribution in [2.45, 2.75) is 51.1 Å². The Labute approximate surface area is 244 Å². The van der Waals surface area contributed by atoms with Gasteiger partial charge in [0, 0.05) is 18.7 Å². The number of aryl methyl sites for hydroxylation is 1. The molecule has 0 aromatic heterocycles. The zero-order chi connectivity index (χ0) is 29.4. The Morgan fingerprint density at radius 2 is 1.68 bits per heavy atom. The molecular weight excluding hydrogens is 576 g/mol. The highest BCUT2D eigenvalue weighted by atomic mass is 35.5. The molecule has 0 aliphatic rings. The van der Waals surface area contributed by atoms with Crippen molar-refractivity contribution in [2.75, 3.05) is 17.4 Å². The van der Waals surface area contributed by atoms with E-state index in [1.807, 2.05) is 13.8 Å². The zero-order valence-corrected chi connectivity index (χ0v) is 24.9. The van der Waals surface area contributed by atoms with Crippen LogP contribution in [0.4, 0.5) is 10.1 Å². The van der Waals surface area contributed by atoms with Crippen LogP contribution in [0.25, 0.3) is 0 Å². The lowest BCUT2D eigenvalue weighted by atomic mass is 10.1. The van der Waals surface area contributed by atoms with E-state index in [9.17, 15) is 22.4 Å². The first-order valence-corrected chi connectivity index (χ1v) is 15.0. The van der Waals surface area contributed by atoms with Crippen LogP contribution in [0, 0.1) is 12.7 Å². The third-order valence-electron chi connectivity index (χ3n) is 6.38. The molecule has 0 bridgehead atoms. The van der Waals surface area contributed by atoms with Crippen molar-refractivity contribution in [3.8, 4) is 0 Å². The van der Waals surface area contributed by atoms with Crippen molar-refractivity contribution >= 4 is 50.7 Å². The fraction of sp³-hybridized carbons (Fsp3) is 0.310. The highest BCUT2D eigenvalue weighted by Gasteiger charge is 2.34. The molecule has 3 aromatic carbocycles. The van der Waals surface area contributed by atoms with Gasteiger partial charge in [0.2, 0.25) is 11.8 Å². The molecule has 0 aliphatic carbocycles. The quantitative estimate of drug-likeness (QED) is 0.257. The standard InChI is InChI=1S/C29H32Cl2FN3O4S/c1-4-5-17-33-29(37)21(3)34(18-22-9-6-7-11-25(22)32)27(36)19-35(26-12-8-10-24(30)28(26)31)40(38,39)23-15-13-20(2)14-16-23/h6-16,21H,4-5,17-19H2,1-3H3,(H,33,37)/t21-/m0/s1. The predicted octanol–water partition coefficient (Wildman–Crippen LogP) is 5.97. The number of nitrogens with one attached hydrogen (secondary N) is 1. The first-order valence-electron chi connectivity index (χ1n) is 12.8. The van der Waals surface area contributed by atoms with Crippen LogP contribution in [0.5, 0.6) is 0 Å². The highest BCUT2D eigenvalue weighted by molar-refractivity contribution is 7.92. The minimum absolute atomic E-state index is 0.00557. The van der Waals surface area contributed by atoms with Gasteiger partial charge in [0.25, 0.3) is 10.0 Å². The minimum atomic E-state index is -4.32. The van der Waals surface area contributed by atoms with Crippen molar-refractivity contribution in [3.05, 3.63) is 93.7 Å². The second-order valence-electron chi connectivity index (χ2n) is 9.33. The number of anilines is 1. The number of benzene rings is 3. The second kappa shape index (κ2) is 14.0. The zero-order valence-electron chi connectivity index (χ0n) is 22.5. The SMILES string of the molecule is CCCCNC(=O)[C@H](C)N(Cc1ccccc1F)C(=O)CN(c1cccc(Cl)c1Cl)S(=O)(=O)c1ccc(C)cc1. The molecule has 3 rings (SSSR count). The van der Waals surface area contributed by atoms with Gasteiger partial charge in [-0.05, 0) is 50.6 Å². The van der Waals surface area contributed by atoms with Crippen LogP contribution in [0.3, 0.4) is 0 Å². The van der Waals surface area contributed by atoms with E-state index in [1.165, 1.54) is 55.5 Å². The van der Waals surface area contributed by atoms with E-state index in [2.05, 4.69) is 5.32 Å². The van der Waals surface area contributed by atoms with E-state index in [4.69, 9.17) is 23.2 Å². The Balaban J connectivity index is 2.05. The Morgan fingerprint density at radius 3 is 2.33 bits per heavy atom. The fourth-order valence-corrected chi connectivity index (χ4v) is 5.84. The predicted molar refractivity (Wildman–Crippen MR) is 157 cm³/mol. The number of amides is 2. The average Bonchev–Trinajstić information content (AvgIpc) is 2.92. The molecule has 0 spiro atoms. The van der Waals surface area contributed by atoms with Gasteiger partial charge in [-0.2, -0.15) is 0 Å². The van der Waals surface area contributed by atoms with Gasteiger partial charge in [0.1, 0.15) is 18.4 Å². The van der Waals surface area contributed by atoms with Gasteiger partial charge in [-0.3, -0.25) is 13.9 Å². The molecule has 40 heavy (non-hydrogen) atoms. The molecule has 0 unspecified atom stereocenters. The number of carbonyl (C=O) groups is 2. The van der Waals surface area contributed by atoms with Crippen LogP contribution in [0.2, 0.25) is 10.0 Å². The molecule has 0 saturated carbocycles. The topological polar surface area (TPSA) is 86.8 Å². The Hall–Kier alpha value is -3.14. The molecule has 1 atom stereocenters. The summed E-state index contributed by atoms with van der Waals surface area (Å²) >= 11 is 12.6. The molecule has 0 heterocycles. The lowest BCUT2D eigenvalue weighted by Crippen LogP contribution is -2.51. The van der Waals surface area contributed by atoms with Crippen molar-refractivity contribution in [2.24, 2.45) is 0 Å². The van der Waals surface area contributed by atoms with Gasteiger partial charge >= 0.3 is 0 Å². The molecule has 0 saturated heterocycles. The van der Waals surface area contributed by atoms with E-state index >= 15 is 0 Å². The van der Waals surface area contributed by atoms with E-state index in [-0.39, 0.29) is 32.7 Å².